The number of hydrogen-bond acceptors (Lipinski definition) is 4. The third-order valence-corrected chi connectivity index (χ3v) is 3.30. The number of methoxy groups -OCH3 is 2. The summed E-state index contributed by atoms with van der Waals surface area (Å²) < 4.78 is 10.4. The molecule has 0 bridgehead atoms. The fourth-order valence-corrected chi connectivity index (χ4v) is 2.25. The van der Waals surface area contributed by atoms with Gasteiger partial charge in [-0.3, -0.25) is 0 Å². The molecule has 0 aromatic rings. The van der Waals surface area contributed by atoms with E-state index in [1.807, 2.05) is 0 Å². The second kappa shape index (κ2) is 13.3. The molecule has 0 rings (SSSR count). The van der Waals surface area contributed by atoms with E-state index in [9.17, 15) is 0 Å². The first kappa shape index (κ1) is 17.8. The van der Waals surface area contributed by atoms with Gasteiger partial charge in [-0.2, -0.15) is 0 Å². The molecule has 0 spiro atoms. The molecule has 0 saturated carbocycles. The first-order chi connectivity index (χ1) is 8.78. The van der Waals surface area contributed by atoms with E-state index in [0.29, 0.717) is 6.61 Å². The van der Waals surface area contributed by atoms with E-state index in [1.54, 1.807) is 14.2 Å². The zero-order chi connectivity index (χ0) is 13.6. The van der Waals surface area contributed by atoms with Crippen LogP contribution in [0.1, 0.15) is 39.0 Å². The lowest BCUT2D eigenvalue weighted by atomic mass is 9.94. The van der Waals surface area contributed by atoms with Crippen LogP contribution in [0, 0.1) is 5.92 Å². The molecule has 0 aromatic carbocycles. The summed E-state index contributed by atoms with van der Waals surface area (Å²) in [6.45, 7) is 5.62. The number of rotatable bonds is 13. The summed E-state index contributed by atoms with van der Waals surface area (Å²) in [4.78, 5) is 0. The molecular formula is C14H32N2O2. The number of nitrogens with two attached hydrogens (primary N) is 1. The molecule has 0 aliphatic carbocycles. The maximum Gasteiger partial charge on any atom is 0.0928 e. The molecule has 4 nitrogen and oxygen atoms in total. The summed E-state index contributed by atoms with van der Waals surface area (Å²) in [5, 5.41) is 3.42. The van der Waals surface area contributed by atoms with Gasteiger partial charge in [0, 0.05) is 20.8 Å². The van der Waals surface area contributed by atoms with Crippen LogP contribution >= 0.6 is 0 Å². The van der Waals surface area contributed by atoms with Gasteiger partial charge in [-0.05, 0) is 38.3 Å². The first-order valence-corrected chi connectivity index (χ1v) is 7.20. The van der Waals surface area contributed by atoms with Gasteiger partial charge in [0.1, 0.15) is 0 Å². The fraction of sp³-hybridized carbons (Fsp3) is 1.00. The van der Waals surface area contributed by atoms with Crippen molar-refractivity contribution in [3.8, 4) is 0 Å². The van der Waals surface area contributed by atoms with Crippen LogP contribution < -0.4 is 11.1 Å². The molecule has 0 aromatic heterocycles. The van der Waals surface area contributed by atoms with E-state index in [2.05, 4.69) is 12.2 Å². The number of nitrogens with one attached hydrogen (secondary N) is 1. The summed E-state index contributed by atoms with van der Waals surface area (Å²) in [6, 6.07) is 0. The highest BCUT2D eigenvalue weighted by atomic mass is 16.5. The third-order valence-electron chi connectivity index (χ3n) is 3.30. The van der Waals surface area contributed by atoms with Crippen LogP contribution in [-0.2, 0) is 9.47 Å². The first-order valence-electron chi connectivity index (χ1n) is 7.20. The van der Waals surface area contributed by atoms with Crippen molar-refractivity contribution in [1.82, 2.24) is 5.32 Å². The number of ether oxygens (including phenoxy) is 2. The minimum absolute atomic E-state index is 0.158. The van der Waals surface area contributed by atoms with Gasteiger partial charge in [-0.15, -0.1) is 0 Å². The van der Waals surface area contributed by atoms with E-state index in [1.165, 1.54) is 25.7 Å². The van der Waals surface area contributed by atoms with Gasteiger partial charge in [0.05, 0.1) is 12.7 Å². The molecule has 0 fully saturated rings. The van der Waals surface area contributed by atoms with Crippen molar-refractivity contribution in [1.29, 1.82) is 0 Å². The largest absolute Gasteiger partial charge is 0.382 e. The molecule has 0 saturated heterocycles. The Balaban J connectivity index is 3.51. The lowest BCUT2D eigenvalue weighted by Gasteiger charge is -2.17. The van der Waals surface area contributed by atoms with E-state index in [4.69, 9.17) is 15.2 Å². The standard InChI is InChI=1S/C14H32N2O2/c1-4-6-13(8-9-15)7-5-10-16-11-14(18-3)12-17-2/h13-14,16H,4-12,15H2,1-3H3. The molecular weight excluding hydrogens is 228 g/mol. The smallest absolute Gasteiger partial charge is 0.0928 e. The SMILES string of the molecule is CCCC(CCN)CCCNCC(COC)OC. The van der Waals surface area contributed by atoms with Gasteiger partial charge in [-0.1, -0.05) is 19.8 Å². The van der Waals surface area contributed by atoms with Crippen molar-refractivity contribution < 1.29 is 9.47 Å². The van der Waals surface area contributed by atoms with Gasteiger partial charge in [0.2, 0.25) is 0 Å². The van der Waals surface area contributed by atoms with Crippen molar-refractivity contribution in [3.05, 3.63) is 0 Å². The summed E-state index contributed by atoms with van der Waals surface area (Å²) >= 11 is 0. The van der Waals surface area contributed by atoms with Crippen LogP contribution in [0.25, 0.3) is 0 Å². The Morgan fingerprint density at radius 3 is 2.50 bits per heavy atom. The molecule has 0 aliphatic heterocycles. The van der Waals surface area contributed by atoms with Crippen molar-refractivity contribution in [2.24, 2.45) is 11.7 Å². The zero-order valence-electron chi connectivity index (χ0n) is 12.4. The van der Waals surface area contributed by atoms with E-state index in [-0.39, 0.29) is 6.10 Å². The lowest BCUT2D eigenvalue weighted by molar-refractivity contribution is 0.0290. The Morgan fingerprint density at radius 2 is 1.94 bits per heavy atom. The third kappa shape index (κ3) is 9.83. The monoisotopic (exact) mass is 260 g/mol. The lowest BCUT2D eigenvalue weighted by Crippen LogP contribution is -2.32. The molecule has 110 valence electrons. The van der Waals surface area contributed by atoms with Crippen LogP contribution in [0.4, 0.5) is 0 Å². The molecule has 0 aliphatic rings. The van der Waals surface area contributed by atoms with Gasteiger partial charge in [0.25, 0.3) is 0 Å². The van der Waals surface area contributed by atoms with Crippen LogP contribution in [0.5, 0.6) is 0 Å². The van der Waals surface area contributed by atoms with Crippen molar-refractivity contribution >= 4 is 0 Å². The molecule has 18 heavy (non-hydrogen) atoms. The maximum atomic E-state index is 5.64. The average Bonchev–Trinajstić information content (AvgIpc) is 2.37. The van der Waals surface area contributed by atoms with Crippen molar-refractivity contribution in [2.75, 3.05) is 40.5 Å². The van der Waals surface area contributed by atoms with E-state index >= 15 is 0 Å². The maximum absolute atomic E-state index is 5.64. The molecule has 2 atom stereocenters. The average molecular weight is 260 g/mol. The second-order valence-corrected chi connectivity index (χ2v) is 4.89. The van der Waals surface area contributed by atoms with Crippen LogP contribution in [0.15, 0.2) is 0 Å². The summed E-state index contributed by atoms with van der Waals surface area (Å²) in [5.74, 6) is 0.805. The van der Waals surface area contributed by atoms with Gasteiger partial charge in [0.15, 0.2) is 0 Å². The Labute approximate surface area is 113 Å². The summed E-state index contributed by atoms with van der Waals surface area (Å²) in [5.41, 5.74) is 5.64. The predicted molar refractivity (Wildman–Crippen MR) is 76.8 cm³/mol. The molecule has 3 N–H and O–H groups in total. The van der Waals surface area contributed by atoms with Crippen molar-refractivity contribution in [2.45, 2.75) is 45.1 Å². The highest BCUT2D eigenvalue weighted by Crippen LogP contribution is 2.16. The predicted octanol–water partition coefficient (Wildman–Crippen LogP) is 1.78. The Kier molecular flexibility index (Phi) is 13.2. The Hall–Kier alpha value is -0.160. The van der Waals surface area contributed by atoms with E-state index < -0.39 is 0 Å². The molecule has 0 amide bonds. The second-order valence-electron chi connectivity index (χ2n) is 4.89. The Morgan fingerprint density at radius 1 is 1.17 bits per heavy atom. The highest BCUT2D eigenvalue weighted by molar-refractivity contribution is 4.63. The quantitative estimate of drug-likeness (QED) is 0.496. The molecule has 4 heteroatoms. The van der Waals surface area contributed by atoms with Gasteiger partial charge in [-0.25, -0.2) is 0 Å². The van der Waals surface area contributed by atoms with Crippen molar-refractivity contribution in [3.63, 3.8) is 0 Å². The molecule has 2 unspecified atom stereocenters. The molecule has 0 heterocycles. The van der Waals surface area contributed by atoms with Gasteiger partial charge >= 0.3 is 0 Å². The minimum Gasteiger partial charge on any atom is -0.382 e. The van der Waals surface area contributed by atoms with E-state index in [0.717, 1.165) is 32.0 Å². The zero-order valence-corrected chi connectivity index (χ0v) is 12.4. The fourth-order valence-electron chi connectivity index (χ4n) is 2.25. The summed E-state index contributed by atoms with van der Waals surface area (Å²) in [7, 11) is 3.43. The number of hydrogen-bond donors (Lipinski definition) is 2. The van der Waals surface area contributed by atoms with Crippen LogP contribution in [0.3, 0.4) is 0 Å². The topological polar surface area (TPSA) is 56.5 Å². The highest BCUT2D eigenvalue weighted by Gasteiger charge is 2.08. The molecule has 0 radical (unpaired) electrons. The summed E-state index contributed by atoms with van der Waals surface area (Å²) in [6.07, 6.45) is 6.39. The minimum atomic E-state index is 0.158. The van der Waals surface area contributed by atoms with Crippen LogP contribution in [0.2, 0.25) is 0 Å². The normalized spacial score (nSPS) is 14.7. The van der Waals surface area contributed by atoms with Gasteiger partial charge < -0.3 is 20.5 Å². The Bertz CT molecular complexity index is 162. The van der Waals surface area contributed by atoms with Crippen LogP contribution in [-0.4, -0.2) is 46.6 Å².